The number of oxazole rings is 1. The molecule has 5 heteroatoms. The van der Waals surface area contributed by atoms with Gasteiger partial charge in [-0.1, -0.05) is 97.1 Å². The zero-order valence-electron chi connectivity index (χ0n) is 29.0. The molecular weight excluding hydrogens is 663 g/mol. The van der Waals surface area contributed by atoms with Crippen molar-refractivity contribution in [2.24, 2.45) is 0 Å². The summed E-state index contributed by atoms with van der Waals surface area (Å²) in [6, 6.07) is 48.5. The van der Waals surface area contributed by atoms with Crippen LogP contribution in [0.4, 0.5) is 0 Å². The molecule has 252 valence electrons. The average molecular weight is 692 g/mol. The summed E-state index contributed by atoms with van der Waals surface area (Å²) in [5, 5.41) is 7.09. The summed E-state index contributed by atoms with van der Waals surface area (Å²) in [5.74, 6) is 0.334. The van der Waals surface area contributed by atoms with Crippen molar-refractivity contribution in [2.45, 2.75) is 12.3 Å². The maximum absolute atomic E-state index is 6.80. The second-order valence-electron chi connectivity index (χ2n) is 14.7. The Labute approximate surface area is 307 Å². The van der Waals surface area contributed by atoms with Gasteiger partial charge in [0.25, 0.3) is 0 Å². The maximum Gasteiger partial charge on any atom is 0.307 e. The third-order valence-electron chi connectivity index (χ3n) is 11.8. The normalized spacial score (nSPS) is 15.0. The van der Waals surface area contributed by atoms with Crippen molar-refractivity contribution in [3.8, 4) is 28.3 Å². The molecule has 0 aliphatic heterocycles. The van der Waals surface area contributed by atoms with E-state index in [4.69, 9.17) is 13.8 Å². The summed E-state index contributed by atoms with van der Waals surface area (Å²) in [5.41, 5.74) is 14.9. The summed E-state index contributed by atoms with van der Waals surface area (Å²) in [7, 11) is 0. The summed E-state index contributed by atoms with van der Waals surface area (Å²) >= 11 is 0. The Morgan fingerprint density at radius 1 is 0.519 bits per heavy atom. The minimum Gasteiger partial charge on any atom is -0.456 e. The highest BCUT2D eigenvalue weighted by Crippen LogP contribution is 2.48. The lowest BCUT2D eigenvalue weighted by Crippen LogP contribution is -1.97. The van der Waals surface area contributed by atoms with Gasteiger partial charge in [0.05, 0.1) is 33.0 Å². The Balaban J connectivity index is 1.05. The van der Waals surface area contributed by atoms with Gasteiger partial charge < -0.3 is 13.2 Å². The Hall–Kier alpha value is -7.11. The molecule has 0 amide bonds. The zero-order chi connectivity index (χ0) is 35.1. The van der Waals surface area contributed by atoms with Crippen LogP contribution in [0, 0.1) is 0 Å². The molecule has 0 radical (unpaired) electrons. The molecular formula is C49H29N3O2. The number of fused-ring (bicyclic) bond motifs is 5. The predicted octanol–water partition coefficient (Wildman–Crippen LogP) is 13.2. The molecule has 0 saturated heterocycles. The number of para-hydroxylation sites is 1. The number of furan rings is 1. The van der Waals surface area contributed by atoms with Gasteiger partial charge in [-0.2, -0.15) is 4.98 Å². The number of benzene rings is 7. The highest BCUT2D eigenvalue weighted by atomic mass is 16.4. The number of aromatic nitrogens is 3. The molecule has 1 aliphatic rings. The van der Waals surface area contributed by atoms with Gasteiger partial charge in [0, 0.05) is 32.8 Å². The first-order valence-corrected chi connectivity index (χ1v) is 18.6. The lowest BCUT2D eigenvalue weighted by molar-refractivity contribution is 0.574. The fourth-order valence-corrected chi connectivity index (χ4v) is 9.42. The summed E-state index contributed by atoms with van der Waals surface area (Å²) < 4.78 is 18.0. The second kappa shape index (κ2) is 10.3. The van der Waals surface area contributed by atoms with Gasteiger partial charge in [0.15, 0.2) is 5.58 Å². The minimum atomic E-state index is 0.334. The number of hydrogen-bond donors (Lipinski definition) is 0. The van der Waals surface area contributed by atoms with Crippen molar-refractivity contribution in [1.82, 2.24) is 14.0 Å². The third kappa shape index (κ3) is 3.70. The molecule has 13 rings (SSSR count). The molecule has 0 N–H and O–H groups in total. The van der Waals surface area contributed by atoms with E-state index in [0.717, 1.165) is 72.5 Å². The molecule has 12 aromatic rings. The minimum absolute atomic E-state index is 0.334. The first-order valence-electron chi connectivity index (χ1n) is 18.6. The second-order valence-corrected chi connectivity index (χ2v) is 14.7. The van der Waals surface area contributed by atoms with Crippen molar-refractivity contribution < 1.29 is 8.83 Å². The van der Waals surface area contributed by atoms with Crippen LogP contribution in [0.1, 0.15) is 17.9 Å². The van der Waals surface area contributed by atoms with E-state index >= 15 is 0 Å². The van der Waals surface area contributed by atoms with E-state index in [1.165, 1.54) is 43.9 Å². The van der Waals surface area contributed by atoms with Gasteiger partial charge in [-0.15, -0.1) is 0 Å². The predicted molar refractivity (Wildman–Crippen MR) is 220 cm³/mol. The summed E-state index contributed by atoms with van der Waals surface area (Å²) in [6.07, 6.45) is 9.84. The van der Waals surface area contributed by atoms with Crippen LogP contribution in [0.2, 0.25) is 0 Å². The van der Waals surface area contributed by atoms with E-state index in [2.05, 4.69) is 167 Å². The van der Waals surface area contributed by atoms with Crippen molar-refractivity contribution in [3.63, 3.8) is 0 Å². The van der Waals surface area contributed by atoms with E-state index in [9.17, 15) is 0 Å². The van der Waals surface area contributed by atoms with Gasteiger partial charge in [-0.3, -0.25) is 4.57 Å². The SMILES string of the molecule is C1=CCC(c2cc(-c3ccccc3)cc(-c3ccc4nc(-n5c6ccc7oc8ccc9c%10ccccc%10n%10c%11cccc5c%11c6c7c8c9%10)oc4c3)c2)C=C1. The van der Waals surface area contributed by atoms with Crippen LogP contribution in [0.3, 0.4) is 0 Å². The molecule has 1 atom stereocenters. The van der Waals surface area contributed by atoms with Crippen molar-refractivity contribution >= 4 is 82.2 Å². The molecule has 7 aromatic carbocycles. The number of rotatable bonds is 4. The van der Waals surface area contributed by atoms with Crippen LogP contribution in [0.5, 0.6) is 0 Å². The first-order chi connectivity index (χ1) is 26.8. The van der Waals surface area contributed by atoms with Crippen LogP contribution in [0.25, 0.3) is 110 Å². The first kappa shape index (κ1) is 28.5. The van der Waals surface area contributed by atoms with Gasteiger partial charge in [0.2, 0.25) is 0 Å². The van der Waals surface area contributed by atoms with Crippen molar-refractivity contribution in [2.75, 3.05) is 0 Å². The van der Waals surface area contributed by atoms with Gasteiger partial charge in [0.1, 0.15) is 16.7 Å². The van der Waals surface area contributed by atoms with Crippen LogP contribution in [-0.2, 0) is 0 Å². The monoisotopic (exact) mass is 691 g/mol. The quantitative estimate of drug-likeness (QED) is 0.185. The van der Waals surface area contributed by atoms with Gasteiger partial charge >= 0.3 is 6.01 Å². The van der Waals surface area contributed by atoms with E-state index in [0.29, 0.717) is 11.9 Å². The number of nitrogens with zero attached hydrogens (tertiary/aromatic N) is 3. The number of allylic oxidation sites excluding steroid dienone is 4. The Morgan fingerprint density at radius 2 is 1.31 bits per heavy atom. The van der Waals surface area contributed by atoms with Crippen LogP contribution >= 0.6 is 0 Å². The van der Waals surface area contributed by atoms with E-state index < -0.39 is 0 Å². The Bertz CT molecular complexity index is 3530. The smallest absolute Gasteiger partial charge is 0.307 e. The molecule has 1 aliphatic carbocycles. The molecule has 0 bridgehead atoms. The van der Waals surface area contributed by atoms with Crippen molar-refractivity contribution in [3.05, 3.63) is 163 Å². The lowest BCUT2D eigenvalue weighted by atomic mass is 9.87. The highest BCUT2D eigenvalue weighted by Gasteiger charge is 2.27. The summed E-state index contributed by atoms with van der Waals surface area (Å²) in [6.45, 7) is 0. The molecule has 0 fully saturated rings. The maximum atomic E-state index is 6.80. The molecule has 0 saturated carbocycles. The fraction of sp³-hybridized carbons (Fsp3) is 0.0408. The van der Waals surface area contributed by atoms with Crippen LogP contribution in [0.15, 0.2) is 167 Å². The van der Waals surface area contributed by atoms with Crippen molar-refractivity contribution in [1.29, 1.82) is 0 Å². The van der Waals surface area contributed by atoms with Gasteiger partial charge in [-0.05, 0) is 94.9 Å². The molecule has 5 heterocycles. The molecule has 0 spiro atoms. The van der Waals surface area contributed by atoms with E-state index in [1.54, 1.807) is 0 Å². The Morgan fingerprint density at radius 3 is 2.22 bits per heavy atom. The van der Waals surface area contributed by atoms with E-state index in [1.807, 2.05) is 0 Å². The van der Waals surface area contributed by atoms with E-state index in [-0.39, 0.29) is 0 Å². The average Bonchev–Trinajstić information content (AvgIpc) is 3.97. The molecule has 5 aromatic heterocycles. The van der Waals surface area contributed by atoms with Crippen LogP contribution in [-0.4, -0.2) is 14.0 Å². The standard InChI is InChI=1S/C49H29N3O2/c1-3-10-28(11-4-1)31-24-32(29-12-5-2-6-13-29)26-33(25-31)30-18-20-36-43(27-30)54-49(50-36)52-39-17-9-16-38-44(39)45-40(52)21-23-41-46(45)47-42(53-41)22-19-35-34-14-7-8-15-37(34)51(38)48(35)47/h1-12,14-27,29H,13H2. The van der Waals surface area contributed by atoms with Gasteiger partial charge in [-0.25, -0.2) is 0 Å². The largest absolute Gasteiger partial charge is 0.456 e. The molecule has 5 nitrogen and oxygen atoms in total. The summed E-state index contributed by atoms with van der Waals surface area (Å²) in [4.78, 5) is 5.15. The Kier molecular flexibility index (Phi) is 5.42. The molecule has 54 heavy (non-hydrogen) atoms. The van der Waals surface area contributed by atoms with Crippen LogP contribution < -0.4 is 0 Å². The third-order valence-corrected chi connectivity index (χ3v) is 11.8. The number of hydrogen-bond acceptors (Lipinski definition) is 3. The topological polar surface area (TPSA) is 48.5 Å². The lowest BCUT2D eigenvalue weighted by Gasteiger charge is -2.17. The fourth-order valence-electron chi connectivity index (χ4n) is 9.42. The molecule has 1 unspecified atom stereocenters. The zero-order valence-corrected chi connectivity index (χ0v) is 29.0. The highest BCUT2D eigenvalue weighted by molar-refractivity contribution is 6.36.